The van der Waals surface area contributed by atoms with Gasteiger partial charge in [-0.2, -0.15) is 35.1 Å². The molecule has 194 valence electrons. The summed E-state index contributed by atoms with van der Waals surface area (Å²) in [5.74, 6) is -32.0. The fraction of sp³-hybridized carbons (Fsp3) is 0.368. The van der Waals surface area contributed by atoms with E-state index in [1.165, 1.54) is 12.2 Å². The predicted octanol–water partition coefficient (Wildman–Crippen LogP) is 6.81. The summed E-state index contributed by atoms with van der Waals surface area (Å²) in [6.45, 7) is 3.00. The first-order valence-electron chi connectivity index (χ1n) is 8.94. The lowest BCUT2D eigenvalue weighted by molar-refractivity contribution is -0.345. The summed E-state index contributed by atoms with van der Waals surface area (Å²) in [5, 5.41) is 1.70. The third kappa shape index (κ3) is 6.70. The summed E-state index contributed by atoms with van der Waals surface area (Å²) in [7, 11) is 0. The zero-order chi connectivity index (χ0) is 27.6. The number of nitrogens with one attached hydrogen (secondary N) is 1. The van der Waals surface area contributed by atoms with Crippen molar-refractivity contribution >= 4 is 52.2 Å². The summed E-state index contributed by atoms with van der Waals surface area (Å²) in [6, 6.07) is 5.12. The van der Waals surface area contributed by atoms with Gasteiger partial charge in [-0.15, -0.1) is 0 Å². The first-order valence-corrected chi connectivity index (χ1v) is 10.1. The van der Waals surface area contributed by atoms with E-state index >= 15 is 0 Å². The smallest absolute Gasteiger partial charge is 0.320 e. The van der Waals surface area contributed by atoms with Crippen LogP contribution in [0.5, 0.6) is 0 Å². The lowest BCUT2D eigenvalue weighted by atomic mass is 9.96. The normalized spacial score (nSPS) is 12.5. The van der Waals surface area contributed by atoms with E-state index in [-0.39, 0.29) is 17.8 Å². The van der Waals surface area contributed by atoms with E-state index in [2.05, 4.69) is 9.97 Å². The molecule has 5 nitrogen and oxygen atoms in total. The number of halogens is 11. The van der Waals surface area contributed by atoms with Gasteiger partial charge in [-0.25, -0.2) is 9.97 Å². The molecular weight excluding hydrogens is 561 g/mol. The molecule has 0 saturated carbocycles. The van der Waals surface area contributed by atoms with Crippen LogP contribution in [0.1, 0.15) is 18.2 Å². The van der Waals surface area contributed by atoms with Crippen molar-refractivity contribution in [1.29, 1.82) is 0 Å². The molecule has 16 heteroatoms. The molecule has 0 aliphatic carbocycles. The Balaban J connectivity index is 0.000000566. The third-order valence-electron chi connectivity index (χ3n) is 4.00. The Morgan fingerprint density at radius 1 is 0.743 bits per heavy atom. The Morgan fingerprint density at radius 2 is 1.17 bits per heavy atom. The molecule has 0 bridgehead atoms. The van der Waals surface area contributed by atoms with Crippen LogP contribution in [0.2, 0.25) is 15.5 Å². The number of Topliss-reactive ketones (excluding diaryl/α,β-unsaturated/α-hetero) is 1. The molecule has 0 aromatic carbocycles. The van der Waals surface area contributed by atoms with Gasteiger partial charge in [0, 0.05) is 18.3 Å². The number of carbonyl (C=O) groups is 2. The highest BCUT2D eigenvalue weighted by Gasteiger charge is 2.83. The summed E-state index contributed by atoms with van der Waals surface area (Å²) in [6.07, 6.45) is 0. The zero-order valence-corrected chi connectivity index (χ0v) is 19.9. The van der Waals surface area contributed by atoms with Crippen LogP contribution in [-0.2, 0) is 9.59 Å². The number of aromatic nitrogens is 2. The van der Waals surface area contributed by atoms with E-state index in [0.29, 0.717) is 10.3 Å². The molecule has 0 unspecified atom stereocenters. The summed E-state index contributed by atoms with van der Waals surface area (Å²) in [4.78, 5) is 29.2. The van der Waals surface area contributed by atoms with Crippen molar-refractivity contribution in [2.75, 3.05) is 5.32 Å². The standard InChI is InChI=1S/C13H9ClF8N2O2.C6H5Cl2N/c1-5-3-7(4-8(14)23-5)24-9(26)11(17,18)13(21,22)12(19,20)10(15,16)6(2)25;1-4-2-5(7)9-6(8)3-4/h3-4H,1-2H3,(H,23,24,26);2-3H,1H3. The number of pyridine rings is 2. The highest BCUT2D eigenvalue weighted by molar-refractivity contribution is 6.32. The summed E-state index contributed by atoms with van der Waals surface area (Å²) < 4.78 is 107. The molecule has 0 saturated heterocycles. The number of anilines is 1. The molecule has 0 fully saturated rings. The minimum atomic E-state index is -6.90. The number of hydrogen-bond acceptors (Lipinski definition) is 4. The number of aryl methyl sites for hydroxylation is 2. The van der Waals surface area contributed by atoms with E-state index in [0.717, 1.165) is 17.7 Å². The van der Waals surface area contributed by atoms with Crippen molar-refractivity contribution in [3.63, 3.8) is 0 Å². The lowest BCUT2D eigenvalue weighted by Crippen LogP contribution is -2.66. The average Bonchev–Trinajstić information content (AvgIpc) is 2.65. The van der Waals surface area contributed by atoms with E-state index in [9.17, 15) is 44.7 Å². The van der Waals surface area contributed by atoms with Gasteiger partial charge in [-0.3, -0.25) is 9.59 Å². The molecule has 0 atom stereocenters. The first kappa shape index (κ1) is 30.8. The van der Waals surface area contributed by atoms with Gasteiger partial charge in [0.25, 0.3) is 0 Å². The first-order chi connectivity index (χ1) is 15.7. The van der Waals surface area contributed by atoms with Crippen LogP contribution in [-0.4, -0.2) is 45.3 Å². The number of nitrogens with zero attached hydrogens (tertiary/aromatic N) is 2. The maximum atomic E-state index is 13.6. The second kappa shape index (κ2) is 10.8. The Bertz CT molecular complexity index is 1050. The maximum Gasteiger partial charge on any atom is 0.393 e. The fourth-order valence-electron chi connectivity index (χ4n) is 2.25. The van der Waals surface area contributed by atoms with E-state index in [4.69, 9.17) is 34.8 Å². The van der Waals surface area contributed by atoms with Crippen molar-refractivity contribution in [3.05, 3.63) is 51.0 Å². The molecule has 0 aliphatic rings. The highest BCUT2D eigenvalue weighted by atomic mass is 35.5. The number of hydrogen-bond donors (Lipinski definition) is 1. The van der Waals surface area contributed by atoms with Crippen LogP contribution < -0.4 is 5.32 Å². The lowest BCUT2D eigenvalue weighted by Gasteiger charge is -2.34. The van der Waals surface area contributed by atoms with Crippen LogP contribution in [0.15, 0.2) is 24.3 Å². The third-order valence-corrected chi connectivity index (χ3v) is 4.58. The van der Waals surface area contributed by atoms with Gasteiger partial charge in [0.1, 0.15) is 15.5 Å². The van der Waals surface area contributed by atoms with Gasteiger partial charge in [0.15, 0.2) is 0 Å². The fourth-order valence-corrected chi connectivity index (χ4v) is 3.07. The predicted molar refractivity (Wildman–Crippen MR) is 112 cm³/mol. The van der Waals surface area contributed by atoms with Crippen LogP contribution in [0.25, 0.3) is 0 Å². The molecule has 0 spiro atoms. The van der Waals surface area contributed by atoms with E-state index in [1.54, 1.807) is 12.1 Å². The minimum Gasteiger partial charge on any atom is -0.320 e. The van der Waals surface area contributed by atoms with Gasteiger partial charge >= 0.3 is 29.6 Å². The quantitative estimate of drug-likeness (QED) is 0.304. The average molecular weight is 575 g/mol. The van der Waals surface area contributed by atoms with E-state index < -0.39 is 41.1 Å². The topological polar surface area (TPSA) is 72.0 Å². The Morgan fingerprint density at radius 3 is 1.57 bits per heavy atom. The van der Waals surface area contributed by atoms with Crippen LogP contribution in [0, 0.1) is 13.8 Å². The molecule has 0 aliphatic heterocycles. The van der Waals surface area contributed by atoms with E-state index in [1.807, 2.05) is 6.92 Å². The number of ketones is 1. The maximum absolute atomic E-state index is 13.6. The van der Waals surface area contributed by atoms with Crippen LogP contribution in [0.3, 0.4) is 0 Å². The molecule has 2 rings (SSSR count). The Labute approximate surface area is 207 Å². The monoisotopic (exact) mass is 573 g/mol. The second-order valence-electron chi connectivity index (χ2n) is 6.92. The summed E-state index contributed by atoms with van der Waals surface area (Å²) in [5.41, 5.74) is 0.445. The molecule has 1 N–H and O–H groups in total. The molecule has 2 aromatic heterocycles. The van der Waals surface area contributed by atoms with Crippen molar-refractivity contribution in [2.24, 2.45) is 0 Å². The van der Waals surface area contributed by atoms with Gasteiger partial charge in [0.05, 0.1) is 0 Å². The summed E-state index contributed by atoms with van der Waals surface area (Å²) >= 11 is 16.6. The van der Waals surface area contributed by atoms with Crippen molar-refractivity contribution in [2.45, 2.75) is 44.5 Å². The molecule has 2 heterocycles. The molecular formula is C19H14Cl3F8N3O2. The Kier molecular flexibility index (Phi) is 9.49. The second-order valence-corrected chi connectivity index (χ2v) is 8.08. The van der Waals surface area contributed by atoms with Crippen molar-refractivity contribution in [3.8, 4) is 0 Å². The number of alkyl halides is 8. The molecule has 2 aromatic rings. The van der Waals surface area contributed by atoms with Crippen LogP contribution >= 0.6 is 34.8 Å². The largest absolute Gasteiger partial charge is 0.393 e. The van der Waals surface area contributed by atoms with Crippen molar-refractivity contribution < 1.29 is 44.7 Å². The molecule has 1 amide bonds. The molecule has 0 radical (unpaired) electrons. The van der Waals surface area contributed by atoms with Gasteiger partial charge < -0.3 is 5.32 Å². The minimum absolute atomic E-state index is 0.0383. The highest BCUT2D eigenvalue weighted by Crippen LogP contribution is 2.53. The van der Waals surface area contributed by atoms with Crippen molar-refractivity contribution in [1.82, 2.24) is 9.97 Å². The van der Waals surface area contributed by atoms with Gasteiger partial charge in [-0.1, -0.05) is 34.8 Å². The number of carbonyl (C=O) groups excluding carboxylic acids is 2. The van der Waals surface area contributed by atoms with Crippen LogP contribution in [0.4, 0.5) is 40.8 Å². The number of amides is 1. The van der Waals surface area contributed by atoms with Gasteiger partial charge in [-0.05, 0) is 43.7 Å². The zero-order valence-electron chi connectivity index (χ0n) is 17.7. The Hall–Kier alpha value is -2.25. The van der Waals surface area contributed by atoms with Gasteiger partial charge in [0.2, 0.25) is 5.78 Å². The SMILES string of the molecule is CC(=O)C(F)(F)C(F)(F)C(F)(F)C(F)(F)C(=O)Nc1cc(C)nc(Cl)c1.Cc1cc(Cl)nc(Cl)c1. The number of rotatable bonds is 6. The molecule has 35 heavy (non-hydrogen) atoms.